The van der Waals surface area contributed by atoms with Crippen molar-refractivity contribution in [1.82, 2.24) is 4.90 Å². The normalized spacial score (nSPS) is 21.2. The van der Waals surface area contributed by atoms with E-state index in [0.717, 1.165) is 38.3 Å². The second-order valence-corrected chi connectivity index (χ2v) is 4.74. The fourth-order valence-corrected chi connectivity index (χ4v) is 2.39. The molecule has 1 saturated heterocycles. The summed E-state index contributed by atoms with van der Waals surface area (Å²) in [5.74, 6) is -0.213. The van der Waals surface area contributed by atoms with Crippen molar-refractivity contribution in [2.75, 3.05) is 19.8 Å². The minimum atomic E-state index is -0.213. The maximum atomic E-state index is 13.4. The van der Waals surface area contributed by atoms with Crippen LogP contribution in [0.15, 0.2) is 18.2 Å². The van der Waals surface area contributed by atoms with Gasteiger partial charge in [-0.3, -0.25) is 4.90 Å². The zero-order valence-electron chi connectivity index (χ0n) is 10.9. The third-order valence-electron chi connectivity index (χ3n) is 3.54. The Labute approximate surface area is 108 Å². The van der Waals surface area contributed by atoms with Crippen LogP contribution in [0, 0.1) is 5.82 Å². The number of benzene rings is 1. The molecule has 100 valence electrons. The summed E-state index contributed by atoms with van der Waals surface area (Å²) in [7, 11) is 0. The molecule has 1 aromatic carbocycles. The van der Waals surface area contributed by atoms with Gasteiger partial charge in [0.2, 0.25) is 0 Å². The van der Waals surface area contributed by atoms with E-state index < -0.39 is 0 Å². The molecule has 0 aromatic heterocycles. The summed E-state index contributed by atoms with van der Waals surface area (Å²) in [6, 6.07) is 5.69. The summed E-state index contributed by atoms with van der Waals surface area (Å²) in [5, 5.41) is 0. The Morgan fingerprint density at radius 2 is 2.33 bits per heavy atom. The number of halogens is 1. The van der Waals surface area contributed by atoms with Crippen molar-refractivity contribution < 1.29 is 9.13 Å². The molecule has 2 rings (SSSR count). The fraction of sp³-hybridized carbons (Fsp3) is 0.571. The van der Waals surface area contributed by atoms with Crippen LogP contribution in [0.1, 0.15) is 24.5 Å². The number of nitrogens with zero attached hydrogens (tertiary/aromatic N) is 1. The van der Waals surface area contributed by atoms with Crippen molar-refractivity contribution in [2.24, 2.45) is 5.73 Å². The van der Waals surface area contributed by atoms with Crippen LogP contribution in [-0.2, 0) is 17.8 Å². The molecule has 1 fully saturated rings. The molecule has 1 aromatic rings. The Balaban J connectivity index is 2.07. The standard InChI is InChI=1S/C14H21FN2O/c1-2-13-10-18-6-5-17(13)9-11-3-4-14(15)12(7-11)8-16/h3-4,7,13H,2,5-6,8-10,16H2,1H3. The Kier molecular flexibility index (Phi) is 4.69. The zero-order chi connectivity index (χ0) is 13.0. The van der Waals surface area contributed by atoms with Gasteiger partial charge < -0.3 is 10.5 Å². The Morgan fingerprint density at radius 3 is 3.06 bits per heavy atom. The molecule has 18 heavy (non-hydrogen) atoms. The SMILES string of the molecule is CCC1COCCN1Cc1ccc(F)c(CN)c1. The first-order valence-corrected chi connectivity index (χ1v) is 6.53. The van der Waals surface area contributed by atoms with Crippen LogP contribution >= 0.6 is 0 Å². The van der Waals surface area contributed by atoms with E-state index in [4.69, 9.17) is 10.5 Å². The molecule has 0 bridgehead atoms. The summed E-state index contributed by atoms with van der Waals surface area (Å²) in [4.78, 5) is 2.40. The van der Waals surface area contributed by atoms with Crippen LogP contribution in [0.5, 0.6) is 0 Å². The first-order valence-electron chi connectivity index (χ1n) is 6.53. The van der Waals surface area contributed by atoms with E-state index >= 15 is 0 Å². The molecule has 0 aliphatic carbocycles. The average molecular weight is 252 g/mol. The molecule has 1 aliphatic heterocycles. The minimum Gasteiger partial charge on any atom is -0.378 e. The molecule has 1 aliphatic rings. The first-order chi connectivity index (χ1) is 8.74. The molecule has 2 N–H and O–H groups in total. The van der Waals surface area contributed by atoms with Crippen molar-refractivity contribution in [1.29, 1.82) is 0 Å². The Bertz CT molecular complexity index is 397. The summed E-state index contributed by atoms with van der Waals surface area (Å²) in [6.07, 6.45) is 1.07. The van der Waals surface area contributed by atoms with Crippen molar-refractivity contribution in [3.63, 3.8) is 0 Å². The van der Waals surface area contributed by atoms with Crippen molar-refractivity contribution in [3.8, 4) is 0 Å². The lowest BCUT2D eigenvalue weighted by Gasteiger charge is -2.35. The van der Waals surface area contributed by atoms with Gasteiger partial charge in [-0.1, -0.05) is 19.1 Å². The van der Waals surface area contributed by atoms with Gasteiger partial charge in [0, 0.05) is 31.2 Å². The molecular weight excluding hydrogens is 231 g/mol. The monoisotopic (exact) mass is 252 g/mol. The molecule has 1 atom stereocenters. The van der Waals surface area contributed by atoms with Gasteiger partial charge in [-0.05, 0) is 18.1 Å². The summed E-state index contributed by atoms with van der Waals surface area (Å²) in [5.41, 5.74) is 7.25. The van der Waals surface area contributed by atoms with Gasteiger partial charge in [-0.25, -0.2) is 4.39 Å². The van der Waals surface area contributed by atoms with Crippen molar-refractivity contribution in [3.05, 3.63) is 35.1 Å². The highest BCUT2D eigenvalue weighted by molar-refractivity contribution is 5.25. The maximum Gasteiger partial charge on any atom is 0.127 e. The van der Waals surface area contributed by atoms with E-state index in [0.29, 0.717) is 11.6 Å². The van der Waals surface area contributed by atoms with Gasteiger partial charge in [0.15, 0.2) is 0 Å². The molecule has 0 amide bonds. The van der Waals surface area contributed by atoms with Crippen LogP contribution in [0.2, 0.25) is 0 Å². The second kappa shape index (κ2) is 6.27. The zero-order valence-corrected chi connectivity index (χ0v) is 10.9. The van der Waals surface area contributed by atoms with E-state index in [-0.39, 0.29) is 12.4 Å². The van der Waals surface area contributed by atoms with Gasteiger partial charge in [0.05, 0.1) is 13.2 Å². The number of hydrogen-bond acceptors (Lipinski definition) is 3. The average Bonchev–Trinajstić information content (AvgIpc) is 2.41. The van der Waals surface area contributed by atoms with Gasteiger partial charge >= 0.3 is 0 Å². The molecule has 0 spiro atoms. The molecule has 1 unspecified atom stereocenters. The van der Waals surface area contributed by atoms with E-state index in [9.17, 15) is 4.39 Å². The molecule has 0 saturated carbocycles. The minimum absolute atomic E-state index is 0.213. The van der Waals surface area contributed by atoms with Crippen molar-refractivity contribution >= 4 is 0 Å². The van der Waals surface area contributed by atoms with Gasteiger partial charge in [0.25, 0.3) is 0 Å². The Hall–Kier alpha value is -0.970. The predicted molar refractivity (Wildman–Crippen MR) is 69.6 cm³/mol. The molecular formula is C14H21FN2O. The summed E-state index contributed by atoms with van der Waals surface area (Å²) in [6.45, 7) is 5.77. The van der Waals surface area contributed by atoms with Crippen LogP contribution in [-0.4, -0.2) is 30.7 Å². The number of rotatable bonds is 4. The topological polar surface area (TPSA) is 38.5 Å². The predicted octanol–water partition coefficient (Wildman–Crippen LogP) is 1.90. The summed E-state index contributed by atoms with van der Waals surface area (Å²) >= 11 is 0. The maximum absolute atomic E-state index is 13.4. The van der Waals surface area contributed by atoms with E-state index in [1.807, 2.05) is 12.1 Å². The van der Waals surface area contributed by atoms with Crippen LogP contribution < -0.4 is 5.73 Å². The lowest BCUT2D eigenvalue weighted by atomic mass is 10.1. The molecule has 1 heterocycles. The number of hydrogen-bond donors (Lipinski definition) is 1. The largest absolute Gasteiger partial charge is 0.378 e. The number of nitrogens with two attached hydrogens (primary N) is 1. The second-order valence-electron chi connectivity index (χ2n) is 4.74. The number of ether oxygens (including phenoxy) is 1. The third kappa shape index (κ3) is 3.07. The molecule has 0 radical (unpaired) electrons. The first kappa shape index (κ1) is 13.5. The quantitative estimate of drug-likeness (QED) is 0.889. The van der Waals surface area contributed by atoms with E-state index in [1.165, 1.54) is 6.07 Å². The lowest BCUT2D eigenvalue weighted by Crippen LogP contribution is -2.44. The van der Waals surface area contributed by atoms with E-state index in [2.05, 4.69) is 11.8 Å². The van der Waals surface area contributed by atoms with Crippen LogP contribution in [0.25, 0.3) is 0 Å². The van der Waals surface area contributed by atoms with Crippen LogP contribution in [0.4, 0.5) is 4.39 Å². The van der Waals surface area contributed by atoms with Gasteiger partial charge in [-0.15, -0.1) is 0 Å². The Morgan fingerprint density at radius 1 is 1.50 bits per heavy atom. The highest BCUT2D eigenvalue weighted by atomic mass is 19.1. The van der Waals surface area contributed by atoms with Crippen LogP contribution in [0.3, 0.4) is 0 Å². The highest BCUT2D eigenvalue weighted by Gasteiger charge is 2.21. The van der Waals surface area contributed by atoms with Gasteiger partial charge in [0.1, 0.15) is 5.82 Å². The van der Waals surface area contributed by atoms with Gasteiger partial charge in [-0.2, -0.15) is 0 Å². The third-order valence-corrected chi connectivity index (χ3v) is 3.54. The fourth-order valence-electron chi connectivity index (χ4n) is 2.39. The van der Waals surface area contributed by atoms with Crippen molar-refractivity contribution in [2.45, 2.75) is 32.5 Å². The smallest absolute Gasteiger partial charge is 0.127 e. The number of morpholine rings is 1. The highest BCUT2D eigenvalue weighted by Crippen LogP contribution is 2.17. The lowest BCUT2D eigenvalue weighted by molar-refractivity contribution is -0.0127. The summed E-state index contributed by atoms with van der Waals surface area (Å²) < 4.78 is 18.9. The van der Waals surface area contributed by atoms with E-state index in [1.54, 1.807) is 0 Å². The molecule has 3 nitrogen and oxygen atoms in total. The molecule has 4 heteroatoms.